The molecular weight excluding hydrogens is 349 g/mol. The molecule has 3 heteroatoms. The van der Waals surface area contributed by atoms with Crippen LogP contribution in [0.15, 0.2) is 60.8 Å². The van der Waals surface area contributed by atoms with E-state index in [9.17, 15) is 0 Å². The molecule has 19 heavy (non-hydrogen) atoms. The maximum atomic E-state index is 6.11. The van der Waals surface area contributed by atoms with Gasteiger partial charge < -0.3 is 4.74 Å². The lowest BCUT2D eigenvalue weighted by atomic mass is 10.0. The molecular formula is C16H16INO. The number of benzene rings is 1. The van der Waals surface area contributed by atoms with E-state index in [1.807, 2.05) is 37.3 Å². The molecule has 1 unspecified atom stereocenters. The van der Waals surface area contributed by atoms with Crippen LogP contribution in [0.3, 0.4) is 0 Å². The Balaban J connectivity index is 2.24. The molecule has 0 spiro atoms. The Bertz CT molecular complexity index is 554. The van der Waals surface area contributed by atoms with Gasteiger partial charge in [0.15, 0.2) is 5.75 Å². The van der Waals surface area contributed by atoms with Crippen molar-refractivity contribution in [3.05, 3.63) is 70.1 Å². The minimum absolute atomic E-state index is 0.0172. The fraction of sp³-hybridized carbons (Fsp3) is 0.188. The lowest BCUT2D eigenvalue weighted by molar-refractivity contribution is 0.203. The van der Waals surface area contributed by atoms with Gasteiger partial charge in [0, 0.05) is 12.6 Å². The van der Waals surface area contributed by atoms with E-state index in [0.717, 1.165) is 27.0 Å². The van der Waals surface area contributed by atoms with Crippen molar-refractivity contribution in [2.24, 2.45) is 0 Å². The average Bonchev–Trinajstić information content (AvgIpc) is 2.41. The van der Waals surface area contributed by atoms with Crippen LogP contribution in [0.25, 0.3) is 0 Å². The molecule has 2 rings (SSSR count). The molecule has 0 aliphatic heterocycles. The molecule has 0 amide bonds. The lowest BCUT2D eigenvalue weighted by Crippen LogP contribution is -2.09. The molecule has 1 aromatic carbocycles. The van der Waals surface area contributed by atoms with Gasteiger partial charge in [-0.3, -0.25) is 0 Å². The van der Waals surface area contributed by atoms with E-state index >= 15 is 0 Å². The number of halogens is 1. The van der Waals surface area contributed by atoms with Gasteiger partial charge in [0.05, 0.1) is 0 Å². The van der Waals surface area contributed by atoms with E-state index in [2.05, 4.69) is 46.3 Å². The van der Waals surface area contributed by atoms with Gasteiger partial charge in [-0.05, 0) is 47.2 Å². The molecule has 0 N–H and O–H groups in total. The summed E-state index contributed by atoms with van der Waals surface area (Å²) in [6.07, 6.45) is 2.55. The predicted octanol–water partition coefficient (Wildman–Crippen LogP) is 4.77. The number of rotatable bonds is 5. The molecule has 98 valence electrons. The van der Waals surface area contributed by atoms with Crippen molar-refractivity contribution in [2.75, 3.05) is 0 Å². The summed E-state index contributed by atoms with van der Waals surface area (Å²) < 4.78 is 6.99. The van der Waals surface area contributed by atoms with Gasteiger partial charge in [-0.25, -0.2) is 4.98 Å². The summed E-state index contributed by atoms with van der Waals surface area (Å²) in [4.78, 5) is 4.24. The molecule has 2 aromatic rings. The Morgan fingerprint density at radius 2 is 2.00 bits per heavy atom. The molecule has 0 fully saturated rings. The minimum atomic E-state index is -0.0172. The van der Waals surface area contributed by atoms with Gasteiger partial charge in [0.2, 0.25) is 0 Å². The topological polar surface area (TPSA) is 22.1 Å². The molecule has 0 bridgehead atoms. The highest BCUT2D eigenvalue weighted by Crippen LogP contribution is 2.29. The standard InChI is InChI=1S/C16H16INO/c1-12(2)11-15(13-7-4-3-5-8-13)19-14-9-6-10-18-16(14)17/h3-10,15H,1,11H2,2H3. The largest absolute Gasteiger partial charge is 0.483 e. The fourth-order valence-electron chi connectivity index (χ4n) is 1.82. The second-order valence-corrected chi connectivity index (χ2v) is 5.49. The number of aromatic nitrogens is 1. The van der Waals surface area contributed by atoms with Crippen LogP contribution < -0.4 is 4.74 Å². The quantitative estimate of drug-likeness (QED) is 0.433. The summed E-state index contributed by atoms with van der Waals surface area (Å²) >= 11 is 2.19. The van der Waals surface area contributed by atoms with Crippen molar-refractivity contribution in [1.29, 1.82) is 0 Å². The van der Waals surface area contributed by atoms with Crippen molar-refractivity contribution in [2.45, 2.75) is 19.4 Å². The summed E-state index contributed by atoms with van der Waals surface area (Å²) in [6.45, 7) is 6.01. The van der Waals surface area contributed by atoms with E-state index in [0.29, 0.717) is 0 Å². The van der Waals surface area contributed by atoms with Crippen LogP contribution in [0.1, 0.15) is 25.0 Å². The Labute approximate surface area is 127 Å². The van der Waals surface area contributed by atoms with Gasteiger partial charge in [-0.2, -0.15) is 0 Å². The summed E-state index contributed by atoms with van der Waals surface area (Å²) in [5.41, 5.74) is 2.26. The second kappa shape index (κ2) is 6.70. The first kappa shape index (κ1) is 14.1. The van der Waals surface area contributed by atoms with Gasteiger partial charge in [0.25, 0.3) is 0 Å². The third-order valence-corrected chi connectivity index (χ3v) is 3.51. The molecule has 0 saturated carbocycles. The number of nitrogens with zero attached hydrogens (tertiary/aromatic N) is 1. The fourth-order valence-corrected chi connectivity index (χ4v) is 2.29. The van der Waals surface area contributed by atoms with Gasteiger partial charge >= 0.3 is 0 Å². The molecule has 1 aromatic heterocycles. The van der Waals surface area contributed by atoms with Crippen molar-refractivity contribution in [3.63, 3.8) is 0 Å². The molecule has 0 aliphatic carbocycles. The highest BCUT2D eigenvalue weighted by Gasteiger charge is 2.15. The van der Waals surface area contributed by atoms with E-state index in [1.165, 1.54) is 0 Å². The Morgan fingerprint density at radius 1 is 1.26 bits per heavy atom. The van der Waals surface area contributed by atoms with E-state index in [1.54, 1.807) is 6.20 Å². The molecule has 0 radical (unpaired) electrons. The van der Waals surface area contributed by atoms with Crippen molar-refractivity contribution in [3.8, 4) is 5.75 Å². The van der Waals surface area contributed by atoms with Crippen molar-refractivity contribution in [1.82, 2.24) is 4.98 Å². The normalized spacial score (nSPS) is 11.9. The predicted molar refractivity (Wildman–Crippen MR) is 86.2 cm³/mol. The second-order valence-electron chi connectivity index (χ2n) is 4.47. The van der Waals surface area contributed by atoms with Crippen LogP contribution in [-0.2, 0) is 0 Å². The summed E-state index contributed by atoms with van der Waals surface area (Å²) in [7, 11) is 0. The number of hydrogen-bond donors (Lipinski definition) is 0. The number of ether oxygens (including phenoxy) is 1. The number of hydrogen-bond acceptors (Lipinski definition) is 2. The van der Waals surface area contributed by atoms with Crippen LogP contribution in [0.2, 0.25) is 0 Å². The SMILES string of the molecule is C=C(C)CC(Oc1cccnc1I)c1ccccc1. The average molecular weight is 365 g/mol. The minimum Gasteiger partial charge on any atom is -0.483 e. The van der Waals surface area contributed by atoms with Crippen molar-refractivity contribution >= 4 is 22.6 Å². The van der Waals surface area contributed by atoms with Crippen LogP contribution in [0.5, 0.6) is 5.75 Å². The lowest BCUT2D eigenvalue weighted by Gasteiger charge is -2.20. The maximum Gasteiger partial charge on any atom is 0.152 e. The Kier molecular flexibility index (Phi) is 4.96. The molecule has 0 aliphatic rings. The van der Waals surface area contributed by atoms with E-state index in [4.69, 9.17) is 4.74 Å². The summed E-state index contributed by atoms with van der Waals surface area (Å²) in [6, 6.07) is 14.1. The van der Waals surface area contributed by atoms with Gasteiger partial charge in [0.1, 0.15) is 9.80 Å². The highest BCUT2D eigenvalue weighted by molar-refractivity contribution is 14.1. The molecule has 0 saturated heterocycles. The Morgan fingerprint density at radius 3 is 2.63 bits per heavy atom. The Hall–Kier alpha value is -1.36. The zero-order valence-electron chi connectivity index (χ0n) is 10.8. The maximum absolute atomic E-state index is 6.11. The first-order valence-electron chi connectivity index (χ1n) is 6.13. The third kappa shape index (κ3) is 4.06. The van der Waals surface area contributed by atoms with E-state index in [-0.39, 0.29) is 6.10 Å². The van der Waals surface area contributed by atoms with Gasteiger partial charge in [-0.15, -0.1) is 0 Å². The van der Waals surface area contributed by atoms with Crippen LogP contribution >= 0.6 is 22.6 Å². The van der Waals surface area contributed by atoms with Crippen LogP contribution in [-0.4, -0.2) is 4.98 Å². The zero-order chi connectivity index (χ0) is 13.7. The van der Waals surface area contributed by atoms with Crippen molar-refractivity contribution < 1.29 is 4.74 Å². The summed E-state index contributed by atoms with van der Waals surface area (Å²) in [5, 5.41) is 0. The number of pyridine rings is 1. The third-order valence-electron chi connectivity index (χ3n) is 2.70. The highest BCUT2D eigenvalue weighted by atomic mass is 127. The van der Waals surface area contributed by atoms with Crippen LogP contribution in [0, 0.1) is 3.70 Å². The van der Waals surface area contributed by atoms with Gasteiger partial charge in [-0.1, -0.05) is 42.5 Å². The first-order valence-corrected chi connectivity index (χ1v) is 7.21. The molecule has 1 atom stereocenters. The molecule has 2 nitrogen and oxygen atoms in total. The zero-order valence-corrected chi connectivity index (χ0v) is 13.0. The van der Waals surface area contributed by atoms with E-state index < -0.39 is 0 Å². The first-order chi connectivity index (χ1) is 9.16. The smallest absolute Gasteiger partial charge is 0.152 e. The summed E-state index contributed by atoms with van der Waals surface area (Å²) in [5.74, 6) is 0.818. The van der Waals surface area contributed by atoms with Crippen LogP contribution in [0.4, 0.5) is 0 Å². The molecule has 1 heterocycles. The monoisotopic (exact) mass is 365 g/mol.